The maximum Gasteiger partial charge on any atom is 0.244 e. The molecule has 1 amide bonds. The Hall–Kier alpha value is -2.03. The van der Waals surface area contributed by atoms with Gasteiger partial charge in [0.2, 0.25) is 15.9 Å². The third-order valence-corrected chi connectivity index (χ3v) is 5.52. The molecule has 0 heterocycles. The predicted octanol–water partition coefficient (Wildman–Crippen LogP) is 3.16. The van der Waals surface area contributed by atoms with E-state index in [-0.39, 0.29) is 5.02 Å². The van der Waals surface area contributed by atoms with Crippen molar-refractivity contribution < 1.29 is 22.0 Å². The number of halogens is 3. The maximum atomic E-state index is 13.7. The summed E-state index contributed by atoms with van der Waals surface area (Å²) in [4.78, 5) is 11.7. The number of carbonyl (C=O) groups is 1. The highest BCUT2D eigenvalue weighted by Crippen LogP contribution is 2.21. The first-order valence-corrected chi connectivity index (χ1v) is 9.50. The molecule has 0 radical (unpaired) electrons. The van der Waals surface area contributed by atoms with E-state index < -0.39 is 44.5 Å². The van der Waals surface area contributed by atoms with E-state index in [0.29, 0.717) is 5.56 Å². The normalized spacial score (nSPS) is 13.9. The molecule has 2 rings (SSSR count). The van der Waals surface area contributed by atoms with Crippen molar-refractivity contribution in [3.05, 3.63) is 64.7 Å². The topological polar surface area (TPSA) is 75.3 Å². The van der Waals surface area contributed by atoms with E-state index in [1.807, 2.05) is 0 Å². The molecule has 9 heteroatoms. The highest BCUT2D eigenvalue weighted by molar-refractivity contribution is 7.89. The zero-order chi connectivity index (χ0) is 19.5. The standard InChI is InChI=1S/C17H17ClF2N2O3S/c1-10(12-7-8-14(19)13(18)9-12)21-17(23)11(2)22-26(24,25)16-6-4-3-5-15(16)20/h3-11,22H,1-2H3,(H,21,23)/t10?,11-/m0/s1. The largest absolute Gasteiger partial charge is 0.348 e. The summed E-state index contributed by atoms with van der Waals surface area (Å²) in [5.41, 5.74) is 0.550. The van der Waals surface area contributed by atoms with Gasteiger partial charge in [0.05, 0.1) is 17.1 Å². The predicted molar refractivity (Wildman–Crippen MR) is 94.2 cm³/mol. The number of amides is 1. The molecule has 0 fully saturated rings. The van der Waals surface area contributed by atoms with Crippen molar-refractivity contribution in [3.8, 4) is 0 Å². The van der Waals surface area contributed by atoms with Gasteiger partial charge in [-0.1, -0.05) is 29.8 Å². The molecule has 0 saturated carbocycles. The van der Waals surface area contributed by atoms with Crippen molar-refractivity contribution in [2.45, 2.75) is 30.8 Å². The Kier molecular flexibility index (Phi) is 6.33. The van der Waals surface area contributed by atoms with Gasteiger partial charge in [-0.05, 0) is 43.7 Å². The summed E-state index contributed by atoms with van der Waals surface area (Å²) in [5.74, 6) is -2.13. The zero-order valence-corrected chi connectivity index (χ0v) is 15.5. The minimum absolute atomic E-state index is 0.0862. The molecule has 2 aromatic carbocycles. The Balaban J connectivity index is 2.07. The number of hydrogen-bond donors (Lipinski definition) is 2. The number of carbonyl (C=O) groups excluding carboxylic acids is 1. The van der Waals surface area contributed by atoms with Crippen LogP contribution in [-0.4, -0.2) is 20.4 Å². The Morgan fingerprint density at radius 2 is 1.73 bits per heavy atom. The molecule has 0 aliphatic carbocycles. The van der Waals surface area contributed by atoms with Crippen LogP contribution < -0.4 is 10.0 Å². The molecule has 2 N–H and O–H groups in total. The van der Waals surface area contributed by atoms with E-state index in [9.17, 15) is 22.0 Å². The third-order valence-electron chi connectivity index (χ3n) is 3.65. The van der Waals surface area contributed by atoms with Crippen LogP contribution in [0.4, 0.5) is 8.78 Å². The lowest BCUT2D eigenvalue weighted by molar-refractivity contribution is -0.123. The van der Waals surface area contributed by atoms with Gasteiger partial charge in [-0.2, -0.15) is 4.72 Å². The molecule has 0 aliphatic rings. The molecule has 5 nitrogen and oxygen atoms in total. The van der Waals surface area contributed by atoms with Crippen LogP contribution in [0.2, 0.25) is 5.02 Å². The molecule has 0 bridgehead atoms. The molecule has 2 aromatic rings. The SMILES string of the molecule is CC(NC(=O)[C@H](C)NS(=O)(=O)c1ccccc1F)c1ccc(F)c(Cl)c1. The first-order valence-electron chi connectivity index (χ1n) is 7.64. The summed E-state index contributed by atoms with van der Waals surface area (Å²) >= 11 is 5.71. The first kappa shape index (κ1) is 20.3. The lowest BCUT2D eigenvalue weighted by Gasteiger charge is -2.19. The fourth-order valence-corrected chi connectivity index (χ4v) is 3.69. The van der Waals surface area contributed by atoms with Gasteiger partial charge < -0.3 is 5.32 Å². The molecule has 0 saturated heterocycles. The average Bonchev–Trinajstić information content (AvgIpc) is 2.57. The number of benzene rings is 2. The second-order valence-corrected chi connectivity index (χ2v) is 7.77. The van der Waals surface area contributed by atoms with Gasteiger partial charge in [-0.3, -0.25) is 4.79 Å². The van der Waals surface area contributed by atoms with Gasteiger partial charge in [-0.25, -0.2) is 17.2 Å². The van der Waals surface area contributed by atoms with E-state index in [0.717, 1.165) is 12.1 Å². The van der Waals surface area contributed by atoms with E-state index >= 15 is 0 Å². The Morgan fingerprint density at radius 3 is 2.35 bits per heavy atom. The van der Waals surface area contributed by atoms with Crippen molar-refractivity contribution in [3.63, 3.8) is 0 Å². The lowest BCUT2D eigenvalue weighted by Crippen LogP contribution is -2.45. The molecule has 0 spiro atoms. The molecule has 140 valence electrons. The first-order chi connectivity index (χ1) is 12.1. The zero-order valence-electron chi connectivity index (χ0n) is 14.0. The number of hydrogen-bond acceptors (Lipinski definition) is 3. The molecule has 0 aromatic heterocycles. The van der Waals surface area contributed by atoms with Gasteiger partial charge in [0.25, 0.3) is 0 Å². The highest BCUT2D eigenvalue weighted by atomic mass is 35.5. The summed E-state index contributed by atoms with van der Waals surface area (Å²) in [5, 5.41) is 2.50. The average molecular weight is 403 g/mol. The monoisotopic (exact) mass is 402 g/mol. The third kappa shape index (κ3) is 4.78. The molecule has 2 atom stereocenters. The number of rotatable bonds is 6. The molecule has 0 aliphatic heterocycles. The van der Waals surface area contributed by atoms with E-state index in [2.05, 4.69) is 10.0 Å². The lowest BCUT2D eigenvalue weighted by atomic mass is 10.1. The van der Waals surface area contributed by atoms with Crippen molar-refractivity contribution in [2.75, 3.05) is 0 Å². The van der Waals surface area contributed by atoms with Gasteiger partial charge in [0, 0.05) is 0 Å². The quantitative estimate of drug-likeness (QED) is 0.779. The van der Waals surface area contributed by atoms with E-state index in [1.54, 1.807) is 6.92 Å². The minimum atomic E-state index is -4.20. The molecular weight excluding hydrogens is 386 g/mol. The van der Waals surface area contributed by atoms with E-state index in [4.69, 9.17) is 11.6 Å². The Bertz CT molecular complexity index is 922. The summed E-state index contributed by atoms with van der Waals surface area (Å²) in [7, 11) is -4.20. The molecular formula is C17H17ClF2N2O3S. The van der Waals surface area contributed by atoms with Crippen molar-refractivity contribution in [1.82, 2.24) is 10.0 Å². The second-order valence-electron chi connectivity index (χ2n) is 5.68. The molecule has 1 unspecified atom stereocenters. The smallest absolute Gasteiger partial charge is 0.244 e. The highest BCUT2D eigenvalue weighted by Gasteiger charge is 2.25. The summed E-state index contributed by atoms with van der Waals surface area (Å²) < 4.78 is 53.4. The summed E-state index contributed by atoms with van der Waals surface area (Å²) in [6, 6.07) is 7.16. The fraction of sp³-hybridized carbons (Fsp3) is 0.235. The van der Waals surface area contributed by atoms with Crippen LogP contribution in [0.15, 0.2) is 47.4 Å². The van der Waals surface area contributed by atoms with Gasteiger partial charge in [0.15, 0.2) is 0 Å². The van der Waals surface area contributed by atoms with Crippen LogP contribution in [0.1, 0.15) is 25.5 Å². The van der Waals surface area contributed by atoms with E-state index in [1.165, 1.54) is 37.3 Å². The van der Waals surface area contributed by atoms with Crippen LogP contribution in [0.25, 0.3) is 0 Å². The summed E-state index contributed by atoms with van der Waals surface area (Å²) in [6.07, 6.45) is 0. The second kappa shape index (κ2) is 8.11. The van der Waals surface area contributed by atoms with Gasteiger partial charge in [0.1, 0.15) is 16.5 Å². The van der Waals surface area contributed by atoms with Crippen molar-refractivity contribution in [2.24, 2.45) is 0 Å². The summed E-state index contributed by atoms with van der Waals surface area (Å²) in [6.45, 7) is 2.97. The maximum absolute atomic E-state index is 13.7. The Morgan fingerprint density at radius 1 is 1.08 bits per heavy atom. The van der Waals surface area contributed by atoms with Crippen LogP contribution in [-0.2, 0) is 14.8 Å². The van der Waals surface area contributed by atoms with Gasteiger partial charge >= 0.3 is 0 Å². The van der Waals surface area contributed by atoms with Crippen LogP contribution >= 0.6 is 11.6 Å². The minimum Gasteiger partial charge on any atom is -0.348 e. The van der Waals surface area contributed by atoms with Crippen molar-refractivity contribution >= 4 is 27.5 Å². The number of nitrogens with one attached hydrogen (secondary N) is 2. The molecule has 26 heavy (non-hydrogen) atoms. The van der Waals surface area contributed by atoms with Gasteiger partial charge in [-0.15, -0.1) is 0 Å². The number of sulfonamides is 1. The fourth-order valence-electron chi connectivity index (χ4n) is 2.22. The van der Waals surface area contributed by atoms with Crippen molar-refractivity contribution in [1.29, 1.82) is 0 Å². The Labute approximate surface area is 155 Å². The van der Waals surface area contributed by atoms with Crippen LogP contribution in [0, 0.1) is 11.6 Å². The van der Waals surface area contributed by atoms with Crippen LogP contribution in [0.5, 0.6) is 0 Å². The van der Waals surface area contributed by atoms with Crippen LogP contribution in [0.3, 0.4) is 0 Å².